The van der Waals surface area contributed by atoms with Gasteiger partial charge in [0.15, 0.2) is 0 Å². The van der Waals surface area contributed by atoms with Gasteiger partial charge in [-0.05, 0) is 33.3 Å². The SMILES string of the molecule is CON(C)C(=O)C(NC(=O)OC(C)(C)C)C(C)OCc1ccccc1. The first-order valence-corrected chi connectivity index (χ1v) is 8.10. The van der Waals surface area contributed by atoms with E-state index in [1.165, 1.54) is 14.2 Å². The lowest BCUT2D eigenvalue weighted by Gasteiger charge is -2.28. The van der Waals surface area contributed by atoms with Crippen molar-refractivity contribution in [2.24, 2.45) is 0 Å². The Kier molecular flexibility index (Phi) is 7.86. The summed E-state index contributed by atoms with van der Waals surface area (Å²) in [6, 6.07) is 8.63. The van der Waals surface area contributed by atoms with E-state index in [2.05, 4.69) is 5.32 Å². The average Bonchev–Trinajstić information content (AvgIpc) is 2.55. The predicted molar refractivity (Wildman–Crippen MR) is 93.6 cm³/mol. The fraction of sp³-hybridized carbons (Fsp3) is 0.556. The molecule has 25 heavy (non-hydrogen) atoms. The highest BCUT2D eigenvalue weighted by Gasteiger charge is 2.32. The highest BCUT2D eigenvalue weighted by atomic mass is 16.7. The molecule has 0 saturated heterocycles. The molecule has 0 aromatic heterocycles. The number of nitrogens with one attached hydrogen (secondary N) is 1. The fourth-order valence-electron chi connectivity index (χ4n) is 2.00. The standard InChI is InChI=1S/C18H28N2O5/c1-13(24-12-14-10-8-7-9-11-14)15(16(21)20(5)23-6)19-17(22)25-18(2,3)4/h7-11,13,15H,12H2,1-6H3,(H,19,22). The van der Waals surface area contributed by atoms with Gasteiger partial charge in [0.25, 0.3) is 5.91 Å². The van der Waals surface area contributed by atoms with Gasteiger partial charge in [-0.15, -0.1) is 0 Å². The number of nitrogens with zero attached hydrogens (tertiary/aromatic N) is 1. The van der Waals surface area contributed by atoms with E-state index in [0.29, 0.717) is 6.61 Å². The molecular formula is C18H28N2O5. The van der Waals surface area contributed by atoms with E-state index in [1.54, 1.807) is 27.7 Å². The van der Waals surface area contributed by atoms with Gasteiger partial charge in [0.05, 0.1) is 19.8 Å². The van der Waals surface area contributed by atoms with Gasteiger partial charge in [0.1, 0.15) is 11.6 Å². The maximum Gasteiger partial charge on any atom is 0.408 e. The third kappa shape index (κ3) is 7.53. The van der Waals surface area contributed by atoms with Gasteiger partial charge < -0.3 is 14.8 Å². The lowest BCUT2D eigenvalue weighted by Crippen LogP contribution is -2.54. The number of hydrogen-bond acceptors (Lipinski definition) is 5. The van der Waals surface area contributed by atoms with E-state index in [0.717, 1.165) is 10.6 Å². The second kappa shape index (κ2) is 9.39. The number of hydroxylamine groups is 2. The minimum absolute atomic E-state index is 0.318. The molecule has 1 rings (SSSR count). The van der Waals surface area contributed by atoms with Crippen LogP contribution in [0.25, 0.3) is 0 Å². The summed E-state index contributed by atoms with van der Waals surface area (Å²) in [6.07, 6.45) is -1.27. The molecule has 0 saturated carbocycles. The van der Waals surface area contributed by atoms with Gasteiger partial charge in [-0.3, -0.25) is 9.63 Å². The smallest absolute Gasteiger partial charge is 0.408 e. The zero-order valence-electron chi connectivity index (χ0n) is 15.7. The number of ether oxygens (including phenoxy) is 2. The molecule has 7 nitrogen and oxygen atoms in total. The van der Waals surface area contributed by atoms with Crippen LogP contribution in [0.5, 0.6) is 0 Å². The van der Waals surface area contributed by atoms with Crippen molar-refractivity contribution in [3.63, 3.8) is 0 Å². The van der Waals surface area contributed by atoms with Crippen molar-refractivity contribution in [2.45, 2.75) is 52.0 Å². The Balaban J connectivity index is 2.78. The van der Waals surface area contributed by atoms with E-state index in [4.69, 9.17) is 14.3 Å². The van der Waals surface area contributed by atoms with Crippen molar-refractivity contribution in [3.05, 3.63) is 35.9 Å². The van der Waals surface area contributed by atoms with Crippen molar-refractivity contribution >= 4 is 12.0 Å². The summed E-state index contributed by atoms with van der Waals surface area (Å²) in [6.45, 7) is 7.28. The molecule has 0 bridgehead atoms. The summed E-state index contributed by atoms with van der Waals surface area (Å²) >= 11 is 0. The number of amides is 2. The summed E-state index contributed by atoms with van der Waals surface area (Å²) < 4.78 is 11.0. The first kappa shape index (κ1) is 20.9. The van der Waals surface area contributed by atoms with Gasteiger partial charge >= 0.3 is 6.09 Å². The van der Waals surface area contributed by atoms with Gasteiger partial charge in [-0.1, -0.05) is 30.3 Å². The lowest BCUT2D eigenvalue weighted by atomic mass is 10.1. The molecule has 0 spiro atoms. The normalized spacial score (nSPS) is 13.7. The van der Waals surface area contributed by atoms with Gasteiger partial charge in [0, 0.05) is 7.05 Å². The van der Waals surface area contributed by atoms with Crippen LogP contribution < -0.4 is 5.32 Å². The molecule has 0 fully saturated rings. The average molecular weight is 352 g/mol. The monoisotopic (exact) mass is 352 g/mol. The molecule has 2 atom stereocenters. The quantitative estimate of drug-likeness (QED) is 0.763. The van der Waals surface area contributed by atoms with E-state index in [1.807, 2.05) is 30.3 Å². The first-order chi connectivity index (χ1) is 11.6. The summed E-state index contributed by atoms with van der Waals surface area (Å²) in [5.41, 5.74) is 0.303. The van der Waals surface area contributed by atoms with Crippen LogP contribution in [0.3, 0.4) is 0 Å². The third-order valence-corrected chi connectivity index (χ3v) is 3.35. The van der Waals surface area contributed by atoms with Crippen molar-refractivity contribution < 1.29 is 23.9 Å². The predicted octanol–water partition coefficient (Wildman–Crippen LogP) is 2.50. The Morgan fingerprint density at radius 1 is 1.20 bits per heavy atom. The van der Waals surface area contributed by atoms with Crippen LogP contribution in [0.4, 0.5) is 4.79 Å². The summed E-state index contributed by atoms with van der Waals surface area (Å²) in [7, 11) is 2.84. The van der Waals surface area contributed by atoms with Crippen molar-refractivity contribution in [2.75, 3.05) is 14.2 Å². The Morgan fingerprint density at radius 3 is 2.32 bits per heavy atom. The molecule has 0 aliphatic rings. The maximum atomic E-state index is 12.5. The highest BCUT2D eigenvalue weighted by molar-refractivity contribution is 5.85. The number of carbonyl (C=O) groups excluding carboxylic acids is 2. The second-order valence-electron chi connectivity index (χ2n) is 6.64. The molecule has 0 radical (unpaired) electrons. The Hall–Kier alpha value is -2.12. The minimum Gasteiger partial charge on any atom is -0.444 e. The van der Waals surface area contributed by atoms with E-state index < -0.39 is 29.7 Å². The molecule has 1 N–H and O–H groups in total. The molecule has 0 heterocycles. The molecule has 0 aliphatic heterocycles. The maximum absolute atomic E-state index is 12.5. The Labute approximate surface area is 149 Å². The second-order valence-corrected chi connectivity index (χ2v) is 6.64. The Morgan fingerprint density at radius 2 is 1.80 bits per heavy atom. The number of benzene rings is 1. The lowest BCUT2D eigenvalue weighted by molar-refractivity contribution is -0.174. The number of hydrogen-bond donors (Lipinski definition) is 1. The van der Waals surface area contributed by atoms with Crippen LogP contribution in [-0.4, -0.2) is 49.0 Å². The molecule has 1 aromatic carbocycles. The fourth-order valence-corrected chi connectivity index (χ4v) is 2.00. The van der Waals surface area contributed by atoms with Crippen LogP contribution in [0.1, 0.15) is 33.3 Å². The van der Waals surface area contributed by atoms with Crippen LogP contribution in [0, 0.1) is 0 Å². The summed E-state index contributed by atoms with van der Waals surface area (Å²) in [4.78, 5) is 29.5. The summed E-state index contributed by atoms with van der Waals surface area (Å²) in [5, 5.41) is 3.61. The number of alkyl carbamates (subject to hydrolysis) is 1. The van der Waals surface area contributed by atoms with Crippen molar-refractivity contribution in [3.8, 4) is 0 Å². The zero-order valence-corrected chi connectivity index (χ0v) is 15.7. The Bertz CT molecular complexity index is 556. The number of likely N-dealkylation sites (N-methyl/N-ethyl adjacent to an activating group) is 1. The molecule has 1 aromatic rings. The largest absolute Gasteiger partial charge is 0.444 e. The van der Waals surface area contributed by atoms with Crippen molar-refractivity contribution in [1.29, 1.82) is 0 Å². The highest BCUT2D eigenvalue weighted by Crippen LogP contribution is 2.11. The van der Waals surface area contributed by atoms with E-state index in [9.17, 15) is 9.59 Å². The van der Waals surface area contributed by atoms with E-state index in [-0.39, 0.29) is 0 Å². The first-order valence-electron chi connectivity index (χ1n) is 8.10. The summed E-state index contributed by atoms with van der Waals surface area (Å²) in [5.74, 6) is -0.436. The van der Waals surface area contributed by atoms with Crippen LogP contribution in [0.15, 0.2) is 30.3 Å². The topological polar surface area (TPSA) is 77.1 Å². The van der Waals surface area contributed by atoms with Crippen LogP contribution in [0.2, 0.25) is 0 Å². The molecular weight excluding hydrogens is 324 g/mol. The molecule has 2 unspecified atom stereocenters. The van der Waals surface area contributed by atoms with Gasteiger partial charge in [-0.2, -0.15) is 0 Å². The van der Waals surface area contributed by atoms with E-state index >= 15 is 0 Å². The van der Waals surface area contributed by atoms with Crippen LogP contribution in [-0.2, 0) is 25.7 Å². The number of carbonyl (C=O) groups is 2. The van der Waals surface area contributed by atoms with Crippen molar-refractivity contribution in [1.82, 2.24) is 10.4 Å². The zero-order chi connectivity index (χ0) is 19.0. The van der Waals surface area contributed by atoms with Crippen LogP contribution >= 0.6 is 0 Å². The number of rotatable bonds is 7. The molecule has 0 aliphatic carbocycles. The van der Waals surface area contributed by atoms with Gasteiger partial charge in [-0.25, -0.2) is 9.86 Å². The van der Waals surface area contributed by atoms with Gasteiger partial charge in [0.2, 0.25) is 0 Å². The molecule has 2 amide bonds. The third-order valence-electron chi connectivity index (χ3n) is 3.35. The molecule has 140 valence electrons. The molecule has 7 heteroatoms. The minimum atomic E-state index is -0.941.